The molecule has 5 heteroatoms. The number of thioether (sulfide) groups is 2. The zero-order valence-electron chi connectivity index (χ0n) is 9.08. The lowest BCUT2D eigenvalue weighted by atomic mass is 10.3. The molecule has 1 N–H and O–H groups in total. The van der Waals surface area contributed by atoms with Crippen LogP contribution < -0.4 is 5.32 Å². The highest BCUT2D eigenvalue weighted by molar-refractivity contribution is 7.99. The zero-order chi connectivity index (χ0) is 11.8. The number of anilines is 1. The first-order valence-electron chi connectivity index (χ1n) is 5.00. The Balaban J connectivity index is 2.33. The van der Waals surface area contributed by atoms with Crippen molar-refractivity contribution in [3.05, 3.63) is 24.3 Å². The van der Waals surface area contributed by atoms with Gasteiger partial charge in [-0.3, -0.25) is 0 Å². The molecule has 90 valence electrons. The molecule has 0 fully saturated rings. The van der Waals surface area contributed by atoms with Gasteiger partial charge < -0.3 is 5.32 Å². The first-order chi connectivity index (χ1) is 7.72. The second-order valence-corrected chi connectivity index (χ2v) is 5.23. The summed E-state index contributed by atoms with van der Waals surface area (Å²) >= 11 is 2.39. The van der Waals surface area contributed by atoms with E-state index in [9.17, 15) is 8.78 Å². The van der Waals surface area contributed by atoms with Gasteiger partial charge in [-0.2, -0.15) is 20.5 Å². The monoisotopic (exact) mass is 263 g/mol. The first kappa shape index (κ1) is 13.6. The van der Waals surface area contributed by atoms with Crippen LogP contribution in [0.4, 0.5) is 14.5 Å². The van der Waals surface area contributed by atoms with Crippen molar-refractivity contribution >= 4 is 29.2 Å². The average Bonchev–Trinajstić information content (AvgIpc) is 2.26. The van der Waals surface area contributed by atoms with E-state index in [4.69, 9.17) is 0 Å². The molecule has 0 atom stereocenters. The van der Waals surface area contributed by atoms with Crippen LogP contribution in [0.2, 0.25) is 0 Å². The van der Waals surface area contributed by atoms with E-state index in [1.165, 1.54) is 0 Å². The van der Waals surface area contributed by atoms with Crippen molar-refractivity contribution in [3.63, 3.8) is 0 Å². The van der Waals surface area contributed by atoms with Crippen LogP contribution in [0.15, 0.2) is 29.2 Å². The Labute approximate surface area is 103 Å². The maximum Gasteiger partial charge on any atom is 0.288 e. The van der Waals surface area contributed by atoms with Gasteiger partial charge in [-0.25, -0.2) is 0 Å². The van der Waals surface area contributed by atoms with Gasteiger partial charge in [0, 0.05) is 17.1 Å². The summed E-state index contributed by atoms with van der Waals surface area (Å²) in [6.45, 7) is 0.919. The Kier molecular flexibility index (Phi) is 6.64. The van der Waals surface area contributed by atoms with Crippen LogP contribution in [0.5, 0.6) is 0 Å². The summed E-state index contributed by atoms with van der Waals surface area (Å²) < 4.78 is 24.1. The minimum atomic E-state index is -2.35. The van der Waals surface area contributed by atoms with E-state index in [0.29, 0.717) is 16.7 Å². The first-order valence-corrected chi connectivity index (χ1v) is 7.27. The molecule has 16 heavy (non-hydrogen) atoms. The second-order valence-electron chi connectivity index (χ2n) is 3.18. The summed E-state index contributed by atoms with van der Waals surface area (Å²) in [5, 5.41) is 3.25. The number of hydrogen-bond donors (Lipinski definition) is 1. The van der Waals surface area contributed by atoms with E-state index < -0.39 is 5.76 Å². The standard InChI is InChI=1S/C11H15F2NS2/c1-15-8-2-7-14-9-3-5-10(6-4-9)16-11(12)13/h3-6,11,14H,2,7-8H2,1H3. The number of benzene rings is 1. The molecule has 0 unspecified atom stereocenters. The summed E-state index contributed by atoms with van der Waals surface area (Å²) in [5.41, 5.74) is 0.986. The van der Waals surface area contributed by atoms with E-state index in [-0.39, 0.29) is 0 Å². The third-order valence-corrected chi connectivity index (χ3v) is 3.35. The predicted octanol–water partition coefficient (Wildman–Crippen LogP) is 4.17. The molecule has 0 aliphatic rings. The lowest BCUT2D eigenvalue weighted by Crippen LogP contribution is -2.02. The van der Waals surface area contributed by atoms with Crippen LogP contribution in [0.25, 0.3) is 0 Å². The smallest absolute Gasteiger partial charge is 0.288 e. The van der Waals surface area contributed by atoms with Crippen LogP contribution in [-0.2, 0) is 0 Å². The van der Waals surface area contributed by atoms with Gasteiger partial charge >= 0.3 is 0 Å². The van der Waals surface area contributed by atoms with E-state index in [2.05, 4.69) is 11.6 Å². The molecule has 1 rings (SSSR count). The maximum atomic E-state index is 12.1. The van der Waals surface area contributed by atoms with Crippen molar-refractivity contribution in [3.8, 4) is 0 Å². The van der Waals surface area contributed by atoms with Gasteiger partial charge in [0.15, 0.2) is 0 Å². The van der Waals surface area contributed by atoms with Gasteiger partial charge in [0.2, 0.25) is 0 Å². The fourth-order valence-electron chi connectivity index (χ4n) is 1.20. The van der Waals surface area contributed by atoms with E-state index in [1.807, 2.05) is 23.9 Å². The van der Waals surface area contributed by atoms with Crippen molar-refractivity contribution < 1.29 is 8.78 Å². The summed E-state index contributed by atoms with van der Waals surface area (Å²) in [7, 11) is 0. The van der Waals surface area contributed by atoms with E-state index in [1.54, 1.807) is 12.1 Å². The Morgan fingerprint density at radius 3 is 2.50 bits per heavy atom. The molecule has 1 nitrogen and oxygen atoms in total. The fraction of sp³-hybridized carbons (Fsp3) is 0.455. The van der Waals surface area contributed by atoms with Crippen LogP contribution in [0, 0.1) is 0 Å². The van der Waals surface area contributed by atoms with Crippen LogP contribution in [0.1, 0.15) is 6.42 Å². The number of halogens is 2. The van der Waals surface area contributed by atoms with Crippen molar-refractivity contribution in [2.45, 2.75) is 17.1 Å². The highest BCUT2D eigenvalue weighted by Crippen LogP contribution is 2.26. The highest BCUT2D eigenvalue weighted by Gasteiger charge is 2.04. The minimum Gasteiger partial charge on any atom is -0.385 e. The predicted molar refractivity (Wildman–Crippen MR) is 69.8 cm³/mol. The lowest BCUT2D eigenvalue weighted by Gasteiger charge is -2.06. The molecule has 0 saturated heterocycles. The summed E-state index contributed by atoms with van der Waals surface area (Å²) in [4.78, 5) is 0.602. The molecule has 0 amide bonds. The topological polar surface area (TPSA) is 12.0 Å². The molecule has 1 aromatic rings. The van der Waals surface area contributed by atoms with Crippen LogP contribution >= 0.6 is 23.5 Å². The molecule has 0 aromatic heterocycles. The van der Waals surface area contributed by atoms with Gasteiger partial charge in [0.1, 0.15) is 0 Å². The Morgan fingerprint density at radius 2 is 1.94 bits per heavy atom. The molecule has 0 aliphatic carbocycles. The molecule has 0 saturated carbocycles. The average molecular weight is 263 g/mol. The Hall–Kier alpha value is -0.420. The zero-order valence-corrected chi connectivity index (χ0v) is 10.7. The van der Waals surface area contributed by atoms with Gasteiger partial charge in [-0.05, 0) is 42.7 Å². The summed E-state index contributed by atoms with van der Waals surface area (Å²) in [6.07, 6.45) is 3.19. The summed E-state index contributed by atoms with van der Waals surface area (Å²) in [6, 6.07) is 7.11. The van der Waals surface area contributed by atoms with Gasteiger partial charge in [0.25, 0.3) is 5.76 Å². The molecule has 1 aromatic carbocycles. The van der Waals surface area contributed by atoms with Crippen molar-refractivity contribution in [2.24, 2.45) is 0 Å². The van der Waals surface area contributed by atoms with E-state index >= 15 is 0 Å². The molecular weight excluding hydrogens is 248 g/mol. The highest BCUT2D eigenvalue weighted by atomic mass is 32.2. The fourth-order valence-corrected chi connectivity index (χ4v) is 2.14. The third-order valence-electron chi connectivity index (χ3n) is 1.93. The molecule has 0 aliphatic heterocycles. The van der Waals surface area contributed by atoms with Crippen LogP contribution in [0.3, 0.4) is 0 Å². The molecule has 0 bridgehead atoms. The number of rotatable bonds is 7. The van der Waals surface area contributed by atoms with Gasteiger partial charge in [0.05, 0.1) is 0 Å². The minimum absolute atomic E-state index is 0.575. The largest absolute Gasteiger partial charge is 0.385 e. The van der Waals surface area contributed by atoms with Crippen molar-refractivity contribution in [1.29, 1.82) is 0 Å². The van der Waals surface area contributed by atoms with Gasteiger partial charge in [-0.15, -0.1) is 0 Å². The number of nitrogens with one attached hydrogen (secondary N) is 1. The van der Waals surface area contributed by atoms with Crippen LogP contribution in [-0.4, -0.2) is 24.3 Å². The summed E-state index contributed by atoms with van der Waals surface area (Å²) in [5.74, 6) is -1.22. The number of hydrogen-bond acceptors (Lipinski definition) is 3. The second kappa shape index (κ2) is 7.79. The van der Waals surface area contributed by atoms with Gasteiger partial charge in [-0.1, -0.05) is 11.8 Å². The molecule has 0 radical (unpaired) electrons. The third kappa shape index (κ3) is 5.61. The maximum absolute atomic E-state index is 12.1. The quantitative estimate of drug-likeness (QED) is 0.586. The van der Waals surface area contributed by atoms with E-state index in [0.717, 1.165) is 24.4 Å². The lowest BCUT2D eigenvalue weighted by molar-refractivity contribution is 0.252. The normalized spacial score (nSPS) is 10.8. The molecule has 0 spiro atoms. The van der Waals surface area contributed by atoms with Crippen molar-refractivity contribution in [2.75, 3.05) is 23.9 Å². The molecular formula is C11H15F2NS2. The van der Waals surface area contributed by atoms with Crippen molar-refractivity contribution in [1.82, 2.24) is 0 Å². The number of alkyl halides is 2. The Bertz CT molecular complexity index is 291. The molecule has 0 heterocycles. The Morgan fingerprint density at radius 1 is 1.25 bits per heavy atom. The SMILES string of the molecule is CSCCCNc1ccc(SC(F)F)cc1.